The average Bonchev–Trinajstić information content (AvgIpc) is 2.46. The molecule has 0 radical (unpaired) electrons. The van der Waals surface area contributed by atoms with Crippen molar-refractivity contribution < 1.29 is 14.6 Å². The summed E-state index contributed by atoms with van der Waals surface area (Å²) in [5, 5.41) is 9.37. The normalized spacial score (nSPS) is 21.3. The second kappa shape index (κ2) is 4.76. The largest absolute Gasteiger partial charge is 0.478 e. The molecule has 0 saturated carbocycles. The third kappa shape index (κ3) is 2.19. The highest BCUT2D eigenvalue weighted by Gasteiger charge is 2.36. The molecule has 19 heavy (non-hydrogen) atoms. The molecule has 3 nitrogen and oxygen atoms in total. The molecule has 3 heteroatoms. The molecule has 0 fully saturated rings. The van der Waals surface area contributed by atoms with Crippen LogP contribution in [0.2, 0.25) is 0 Å². The van der Waals surface area contributed by atoms with Crippen molar-refractivity contribution in [1.29, 1.82) is 0 Å². The van der Waals surface area contributed by atoms with E-state index in [0.29, 0.717) is 12.2 Å². The van der Waals surface area contributed by atoms with Crippen LogP contribution in [0.5, 0.6) is 5.75 Å². The number of hydrogen-bond acceptors (Lipinski definition) is 2. The molecule has 0 spiro atoms. The van der Waals surface area contributed by atoms with Gasteiger partial charge >= 0.3 is 5.97 Å². The van der Waals surface area contributed by atoms with Gasteiger partial charge in [-0.05, 0) is 23.6 Å². The lowest BCUT2D eigenvalue weighted by atomic mass is 9.85. The second-order valence-electron chi connectivity index (χ2n) is 4.71. The fraction of sp³-hybridized carbons (Fsp3) is 0.188. The van der Waals surface area contributed by atoms with Crippen LogP contribution in [0.3, 0.4) is 0 Å². The molecule has 0 aliphatic carbocycles. The molecule has 0 saturated heterocycles. The zero-order valence-electron chi connectivity index (χ0n) is 10.3. The van der Waals surface area contributed by atoms with E-state index in [1.54, 1.807) is 0 Å². The van der Waals surface area contributed by atoms with Gasteiger partial charge in [0.2, 0.25) is 6.10 Å². The third-order valence-electron chi connectivity index (χ3n) is 3.50. The molecule has 0 unspecified atom stereocenters. The van der Waals surface area contributed by atoms with Crippen LogP contribution in [0.15, 0.2) is 54.6 Å². The van der Waals surface area contributed by atoms with Gasteiger partial charge in [-0.25, -0.2) is 4.79 Å². The van der Waals surface area contributed by atoms with Crippen molar-refractivity contribution in [3.63, 3.8) is 0 Å². The van der Waals surface area contributed by atoms with E-state index in [2.05, 4.69) is 0 Å². The maximum atomic E-state index is 11.4. The number of aliphatic carboxylic acids is 1. The van der Waals surface area contributed by atoms with Gasteiger partial charge < -0.3 is 9.84 Å². The van der Waals surface area contributed by atoms with Crippen LogP contribution < -0.4 is 4.74 Å². The number of rotatable bonds is 2. The maximum Gasteiger partial charge on any atom is 0.345 e. The number of carboxylic acids is 1. The predicted molar refractivity (Wildman–Crippen MR) is 71.4 cm³/mol. The molecule has 1 N–H and O–H groups in total. The lowest BCUT2D eigenvalue weighted by Gasteiger charge is -2.31. The van der Waals surface area contributed by atoms with Crippen molar-refractivity contribution in [3.05, 3.63) is 65.7 Å². The Bertz CT molecular complexity index is 592. The first-order valence-electron chi connectivity index (χ1n) is 6.28. The maximum absolute atomic E-state index is 11.4. The topological polar surface area (TPSA) is 46.5 Å². The third-order valence-corrected chi connectivity index (χ3v) is 3.50. The standard InChI is InChI=1S/C16H14O3/c17-16(18)15-13(11-6-2-1-3-7-11)10-12-8-4-5-9-14(12)19-15/h1-9,13,15H,10H2,(H,17,18)/t13-,15+/m0/s1. The zero-order chi connectivity index (χ0) is 13.2. The summed E-state index contributed by atoms with van der Waals surface area (Å²) >= 11 is 0. The van der Waals surface area contributed by atoms with E-state index in [9.17, 15) is 9.90 Å². The summed E-state index contributed by atoms with van der Waals surface area (Å²) in [7, 11) is 0. The van der Waals surface area contributed by atoms with Crippen LogP contribution in [0.1, 0.15) is 17.0 Å². The minimum absolute atomic E-state index is 0.145. The highest BCUT2D eigenvalue weighted by Crippen LogP contribution is 2.36. The van der Waals surface area contributed by atoms with Gasteiger partial charge in [0.05, 0.1) is 0 Å². The number of ether oxygens (including phenoxy) is 1. The smallest absolute Gasteiger partial charge is 0.345 e. The van der Waals surface area contributed by atoms with Crippen molar-refractivity contribution in [2.24, 2.45) is 0 Å². The van der Waals surface area contributed by atoms with E-state index in [1.807, 2.05) is 54.6 Å². The number of hydrogen-bond donors (Lipinski definition) is 1. The van der Waals surface area contributed by atoms with E-state index in [-0.39, 0.29) is 5.92 Å². The molecule has 1 aliphatic rings. The Morgan fingerprint density at radius 3 is 2.47 bits per heavy atom. The van der Waals surface area contributed by atoms with Gasteiger partial charge in [-0.3, -0.25) is 0 Å². The molecule has 2 aromatic carbocycles. The molecule has 2 aromatic rings. The van der Waals surface area contributed by atoms with E-state index >= 15 is 0 Å². The fourth-order valence-electron chi connectivity index (χ4n) is 2.57. The first-order chi connectivity index (χ1) is 9.25. The van der Waals surface area contributed by atoms with Crippen molar-refractivity contribution in [1.82, 2.24) is 0 Å². The molecule has 1 aliphatic heterocycles. The Morgan fingerprint density at radius 2 is 1.74 bits per heavy atom. The van der Waals surface area contributed by atoms with Crippen LogP contribution in [0.25, 0.3) is 0 Å². The van der Waals surface area contributed by atoms with Crippen LogP contribution in [-0.4, -0.2) is 17.2 Å². The number of fused-ring (bicyclic) bond motifs is 1. The van der Waals surface area contributed by atoms with E-state index in [1.165, 1.54) is 0 Å². The number of benzene rings is 2. The molecule has 3 rings (SSSR count). The molecule has 0 bridgehead atoms. The molecule has 2 atom stereocenters. The highest BCUT2D eigenvalue weighted by atomic mass is 16.5. The SMILES string of the molecule is O=C(O)[C@@H]1Oc2ccccc2C[C@H]1c1ccccc1. The highest BCUT2D eigenvalue weighted by molar-refractivity contribution is 5.75. The van der Waals surface area contributed by atoms with E-state index < -0.39 is 12.1 Å². The van der Waals surface area contributed by atoms with Gasteiger partial charge in [0.25, 0.3) is 0 Å². The van der Waals surface area contributed by atoms with Gasteiger partial charge in [-0.2, -0.15) is 0 Å². The van der Waals surface area contributed by atoms with Gasteiger partial charge in [0, 0.05) is 5.92 Å². The Morgan fingerprint density at radius 1 is 1.05 bits per heavy atom. The monoisotopic (exact) mass is 254 g/mol. The Hall–Kier alpha value is -2.29. The van der Waals surface area contributed by atoms with Crippen molar-refractivity contribution in [2.45, 2.75) is 18.4 Å². The summed E-state index contributed by atoms with van der Waals surface area (Å²) in [5.41, 5.74) is 2.07. The number of carbonyl (C=O) groups is 1. The van der Waals surface area contributed by atoms with Gasteiger partial charge in [-0.15, -0.1) is 0 Å². The molecular weight excluding hydrogens is 240 g/mol. The average molecular weight is 254 g/mol. The van der Waals surface area contributed by atoms with Crippen LogP contribution in [0.4, 0.5) is 0 Å². The summed E-state index contributed by atoms with van der Waals surface area (Å²) in [4.78, 5) is 11.4. The molecule has 96 valence electrons. The van der Waals surface area contributed by atoms with Crippen LogP contribution in [-0.2, 0) is 11.2 Å². The summed E-state index contributed by atoms with van der Waals surface area (Å²) in [6.07, 6.45) is -0.130. The van der Waals surface area contributed by atoms with E-state index in [0.717, 1.165) is 11.1 Å². The quantitative estimate of drug-likeness (QED) is 0.896. The molecule has 1 heterocycles. The fourth-order valence-corrected chi connectivity index (χ4v) is 2.57. The minimum Gasteiger partial charge on any atom is -0.478 e. The lowest BCUT2D eigenvalue weighted by Crippen LogP contribution is -2.38. The summed E-state index contributed by atoms with van der Waals surface area (Å²) in [5.74, 6) is -0.376. The van der Waals surface area contributed by atoms with Crippen molar-refractivity contribution in [3.8, 4) is 5.75 Å². The second-order valence-corrected chi connectivity index (χ2v) is 4.71. The van der Waals surface area contributed by atoms with Crippen molar-refractivity contribution >= 4 is 5.97 Å². The van der Waals surface area contributed by atoms with Crippen molar-refractivity contribution in [2.75, 3.05) is 0 Å². The van der Waals surface area contributed by atoms with E-state index in [4.69, 9.17) is 4.74 Å². The zero-order valence-corrected chi connectivity index (χ0v) is 10.3. The summed E-state index contributed by atoms with van der Waals surface area (Å²) in [6.45, 7) is 0. The number of carboxylic acid groups (broad SMARTS) is 1. The first kappa shape index (κ1) is 11.8. The molecule has 0 aromatic heterocycles. The first-order valence-corrected chi connectivity index (χ1v) is 6.28. The minimum atomic E-state index is -0.914. The Labute approximate surface area is 111 Å². The molecular formula is C16H14O3. The molecule has 0 amide bonds. The Balaban J connectivity index is 2.01. The number of para-hydroxylation sites is 1. The Kier molecular flexibility index (Phi) is 2.95. The van der Waals surface area contributed by atoms with Gasteiger partial charge in [-0.1, -0.05) is 48.5 Å². The van der Waals surface area contributed by atoms with Crippen LogP contribution >= 0.6 is 0 Å². The summed E-state index contributed by atoms with van der Waals surface area (Å²) < 4.78 is 5.66. The summed E-state index contributed by atoms with van der Waals surface area (Å²) in [6, 6.07) is 17.3. The lowest BCUT2D eigenvalue weighted by molar-refractivity contribution is -0.146. The predicted octanol–water partition coefficient (Wildman–Crippen LogP) is 2.86. The van der Waals surface area contributed by atoms with Crippen LogP contribution in [0, 0.1) is 0 Å². The van der Waals surface area contributed by atoms with Gasteiger partial charge in [0.15, 0.2) is 0 Å². The van der Waals surface area contributed by atoms with Gasteiger partial charge in [0.1, 0.15) is 5.75 Å².